The normalized spacial score (nSPS) is 11.4. The SMILES string of the molecule is Cc1ccsc1/C=N\Nc1ncnc2cc(-c3ccc(F)cc3)sc12. The summed E-state index contributed by atoms with van der Waals surface area (Å²) in [6.45, 7) is 2.05. The molecule has 0 fully saturated rings. The Balaban J connectivity index is 1.64. The van der Waals surface area contributed by atoms with Crippen LogP contribution in [0.3, 0.4) is 0 Å². The third kappa shape index (κ3) is 3.29. The highest BCUT2D eigenvalue weighted by Gasteiger charge is 2.10. The molecule has 0 aliphatic heterocycles. The topological polar surface area (TPSA) is 50.2 Å². The summed E-state index contributed by atoms with van der Waals surface area (Å²) in [5, 5.41) is 6.33. The Morgan fingerprint density at radius 2 is 2.00 bits per heavy atom. The molecule has 4 rings (SSSR count). The van der Waals surface area contributed by atoms with Crippen molar-refractivity contribution < 1.29 is 4.39 Å². The fraction of sp³-hybridized carbons (Fsp3) is 0.0556. The lowest BCUT2D eigenvalue weighted by molar-refractivity contribution is 0.628. The molecule has 0 bridgehead atoms. The van der Waals surface area contributed by atoms with E-state index in [4.69, 9.17) is 0 Å². The van der Waals surface area contributed by atoms with Crippen LogP contribution in [0.15, 0.2) is 53.2 Å². The number of fused-ring (bicyclic) bond motifs is 1. The number of nitrogens with zero attached hydrogens (tertiary/aromatic N) is 3. The van der Waals surface area contributed by atoms with E-state index in [1.807, 2.05) is 11.4 Å². The molecule has 3 heterocycles. The first-order chi connectivity index (χ1) is 12.2. The molecule has 0 amide bonds. The van der Waals surface area contributed by atoms with E-state index < -0.39 is 0 Å². The number of halogens is 1. The second kappa shape index (κ2) is 6.70. The van der Waals surface area contributed by atoms with Crippen LogP contribution in [-0.2, 0) is 0 Å². The number of thiophene rings is 2. The summed E-state index contributed by atoms with van der Waals surface area (Å²) in [7, 11) is 0. The Bertz CT molecular complexity index is 1050. The molecule has 4 aromatic rings. The molecule has 25 heavy (non-hydrogen) atoms. The summed E-state index contributed by atoms with van der Waals surface area (Å²) in [5.74, 6) is 0.416. The van der Waals surface area contributed by atoms with Crippen LogP contribution in [0.5, 0.6) is 0 Å². The molecule has 0 atom stereocenters. The molecule has 0 saturated carbocycles. The Morgan fingerprint density at radius 1 is 1.16 bits per heavy atom. The fourth-order valence-corrected chi connectivity index (χ4v) is 4.20. The van der Waals surface area contributed by atoms with Gasteiger partial charge in [-0.15, -0.1) is 22.7 Å². The predicted octanol–water partition coefficient (Wildman–Crippen LogP) is 5.31. The molecule has 124 valence electrons. The maximum absolute atomic E-state index is 13.1. The van der Waals surface area contributed by atoms with Gasteiger partial charge in [0, 0.05) is 9.75 Å². The third-order valence-corrected chi connectivity index (χ3v) is 5.83. The van der Waals surface area contributed by atoms with Crippen molar-refractivity contribution in [1.82, 2.24) is 9.97 Å². The summed E-state index contributed by atoms with van der Waals surface area (Å²) in [4.78, 5) is 10.7. The van der Waals surface area contributed by atoms with Gasteiger partial charge in [0.2, 0.25) is 0 Å². The summed E-state index contributed by atoms with van der Waals surface area (Å²) in [6.07, 6.45) is 3.31. The molecule has 0 radical (unpaired) electrons. The van der Waals surface area contributed by atoms with Crippen molar-refractivity contribution in [2.24, 2.45) is 5.10 Å². The van der Waals surface area contributed by atoms with E-state index in [9.17, 15) is 4.39 Å². The molecule has 0 saturated heterocycles. The van der Waals surface area contributed by atoms with Crippen molar-refractivity contribution in [1.29, 1.82) is 0 Å². The highest BCUT2D eigenvalue weighted by atomic mass is 32.1. The number of rotatable bonds is 4. The van der Waals surface area contributed by atoms with E-state index in [-0.39, 0.29) is 5.82 Å². The molecule has 1 aromatic carbocycles. The quantitative estimate of drug-likeness (QED) is 0.392. The van der Waals surface area contributed by atoms with Crippen LogP contribution in [-0.4, -0.2) is 16.2 Å². The lowest BCUT2D eigenvalue weighted by Gasteiger charge is -1.99. The standard InChI is InChI=1S/C18H13FN4S2/c1-11-6-7-24-16(11)9-22-23-18-17-14(20-10-21-18)8-15(25-17)12-2-4-13(19)5-3-12/h2-10H,1H3,(H,20,21,23)/b22-9-. The molecule has 3 aromatic heterocycles. The van der Waals surface area contributed by atoms with Crippen molar-refractivity contribution in [3.05, 3.63) is 64.4 Å². The molecular weight excluding hydrogens is 355 g/mol. The van der Waals surface area contributed by atoms with Gasteiger partial charge in [-0.25, -0.2) is 14.4 Å². The minimum absolute atomic E-state index is 0.245. The average molecular weight is 368 g/mol. The van der Waals surface area contributed by atoms with E-state index >= 15 is 0 Å². The van der Waals surface area contributed by atoms with E-state index in [0.29, 0.717) is 5.82 Å². The van der Waals surface area contributed by atoms with Crippen molar-refractivity contribution in [3.63, 3.8) is 0 Å². The Kier molecular flexibility index (Phi) is 4.25. The van der Waals surface area contributed by atoms with Gasteiger partial charge >= 0.3 is 0 Å². The van der Waals surface area contributed by atoms with E-state index in [1.54, 1.807) is 41.0 Å². The monoisotopic (exact) mass is 368 g/mol. The van der Waals surface area contributed by atoms with Crippen molar-refractivity contribution in [3.8, 4) is 10.4 Å². The second-order valence-electron chi connectivity index (χ2n) is 5.39. The largest absolute Gasteiger partial charge is 0.260 e. The smallest absolute Gasteiger partial charge is 0.167 e. The molecule has 1 N–H and O–H groups in total. The zero-order valence-electron chi connectivity index (χ0n) is 13.2. The number of benzene rings is 1. The fourth-order valence-electron chi connectivity index (χ4n) is 2.36. The van der Waals surface area contributed by atoms with Gasteiger partial charge in [0.15, 0.2) is 5.82 Å². The first-order valence-electron chi connectivity index (χ1n) is 7.54. The molecule has 7 heteroatoms. The van der Waals surface area contributed by atoms with Gasteiger partial charge in [0.1, 0.15) is 12.1 Å². The lowest BCUT2D eigenvalue weighted by atomic mass is 10.2. The van der Waals surface area contributed by atoms with Crippen molar-refractivity contribution in [2.45, 2.75) is 6.92 Å². The first kappa shape index (κ1) is 15.9. The van der Waals surface area contributed by atoms with Crippen LogP contribution in [0.2, 0.25) is 0 Å². The Labute approximate surface area is 151 Å². The molecule has 0 spiro atoms. The van der Waals surface area contributed by atoms with Crippen LogP contribution in [0, 0.1) is 12.7 Å². The molecule has 0 aliphatic carbocycles. The minimum Gasteiger partial charge on any atom is -0.260 e. The van der Waals surface area contributed by atoms with Gasteiger partial charge in [-0.3, -0.25) is 5.43 Å². The van der Waals surface area contributed by atoms with Gasteiger partial charge in [-0.1, -0.05) is 12.1 Å². The third-order valence-electron chi connectivity index (χ3n) is 3.69. The zero-order chi connectivity index (χ0) is 17.2. The molecule has 0 aliphatic rings. The van der Waals surface area contributed by atoms with Crippen LogP contribution >= 0.6 is 22.7 Å². The van der Waals surface area contributed by atoms with Crippen LogP contribution < -0.4 is 5.43 Å². The summed E-state index contributed by atoms with van der Waals surface area (Å²) in [5.41, 5.74) is 5.98. The Morgan fingerprint density at radius 3 is 2.76 bits per heavy atom. The maximum Gasteiger partial charge on any atom is 0.167 e. The number of nitrogens with one attached hydrogen (secondary N) is 1. The van der Waals surface area contributed by atoms with Gasteiger partial charge in [-0.05, 0) is 47.7 Å². The van der Waals surface area contributed by atoms with Gasteiger partial charge < -0.3 is 0 Å². The highest BCUT2D eigenvalue weighted by molar-refractivity contribution is 7.22. The van der Waals surface area contributed by atoms with Gasteiger partial charge in [0.25, 0.3) is 0 Å². The Hall–Kier alpha value is -2.64. The predicted molar refractivity (Wildman–Crippen MR) is 103 cm³/mol. The van der Waals surface area contributed by atoms with Crippen LogP contribution in [0.4, 0.5) is 10.2 Å². The number of aryl methyl sites for hydroxylation is 1. The number of hydrogen-bond donors (Lipinski definition) is 1. The molecular formula is C18H13FN4S2. The minimum atomic E-state index is -0.245. The number of hydrogen-bond acceptors (Lipinski definition) is 6. The zero-order valence-corrected chi connectivity index (χ0v) is 14.9. The number of hydrazone groups is 1. The van der Waals surface area contributed by atoms with Crippen molar-refractivity contribution >= 4 is 44.9 Å². The molecule has 4 nitrogen and oxygen atoms in total. The number of aromatic nitrogens is 2. The van der Waals surface area contributed by atoms with Crippen molar-refractivity contribution in [2.75, 3.05) is 5.43 Å². The van der Waals surface area contributed by atoms with E-state index in [1.165, 1.54) is 24.0 Å². The van der Waals surface area contributed by atoms with Gasteiger partial charge in [0.05, 0.1) is 16.4 Å². The summed E-state index contributed by atoms with van der Waals surface area (Å²) >= 11 is 3.19. The molecule has 0 unspecified atom stereocenters. The van der Waals surface area contributed by atoms with Crippen LogP contribution in [0.25, 0.3) is 20.7 Å². The van der Waals surface area contributed by atoms with E-state index in [2.05, 4.69) is 33.5 Å². The first-order valence-corrected chi connectivity index (χ1v) is 9.24. The van der Waals surface area contributed by atoms with E-state index in [0.717, 1.165) is 25.5 Å². The highest BCUT2D eigenvalue weighted by Crippen LogP contribution is 2.35. The average Bonchev–Trinajstić information content (AvgIpc) is 3.22. The maximum atomic E-state index is 13.1. The summed E-state index contributed by atoms with van der Waals surface area (Å²) < 4.78 is 14.0. The summed E-state index contributed by atoms with van der Waals surface area (Å²) in [6, 6.07) is 10.5. The second-order valence-corrected chi connectivity index (χ2v) is 7.39. The van der Waals surface area contributed by atoms with Crippen LogP contribution in [0.1, 0.15) is 10.4 Å². The lowest BCUT2D eigenvalue weighted by Crippen LogP contribution is -1.94. The number of anilines is 1. The van der Waals surface area contributed by atoms with Gasteiger partial charge in [-0.2, -0.15) is 5.10 Å².